The Labute approximate surface area is 287 Å². The van der Waals surface area contributed by atoms with Crippen molar-refractivity contribution in [2.75, 3.05) is 19.7 Å². The summed E-state index contributed by atoms with van der Waals surface area (Å²) in [7, 11) is 0. The van der Waals surface area contributed by atoms with Gasteiger partial charge < -0.3 is 9.84 Å². The molecule has 3 saturated heterocycles. The van der Waals surface area contributed by atoms with Gasteiger partial charge in [0.2, 0.25) is 11.8 Å². The maximum atomic E-state index is 14.1. The van der Waals surface area contributed by atoms with Gasteiger partial charge >= 0.3 is 0 Å². The Kier molecular flexibility index (Phi) is 8.64. The number of imide groups is 1. The van der Waals surface area contributed by atoms with Gasteiger partial charge in [0.05, 0.1) is 30.2 Å². The van der Waals surface area contributed by atoms with Crippen LogP contribution in [-0.4, -0.2) is 63.5 Å². The van der Waals surface area contributed by atoms with Crippen LogP contribution in [0, 0.1) is 17.8 Å². The second kappa shape index (κ2) is 13.4. The number of allylic oxidation sites excluding steroid dienone is 2. The van der Waals surface area contributed by atoms with Crippen LogP contribution in [0.4, 0.5) is 0 Å². The molecule has 8 rings (SSSR count). The molecule has 7 heteroatoms. The molecule has 4 aliphatic rings. The van der Waals surface area contributed by atoms with Crippen LogP contribution in [-0.2, 0) is 20.9 Å². The number of hydrogen-bond acceptors (Lipinski definition) is 6. The first-order valence-corrected chi connectivity index (χ1v) is 17.7. The van der Waals surface area contributed by atoms with E-state index in [1.54, 1.807) is 11.0 Å². The van der Waals surface area contributed by atoms with Gasteiger partial charge in [0, 0.05) is 43.2 Å². The third-order valence-corrected chi connectivity index (χ3v) is 11.3. The number of benzene rings is 3. The zero-order valence-corrected chi connectivity index (χ0v) is 28.0. The van der Waals surface area contributed by atoms with Gasteiger partial charge in [0.25, 0.3) is 0 Å². The topological polar surface area (TPSA) is 83.0 Å². The van der Waals surface area contributed by atoms with Gasteiger partial charge in [0.1, 0.15) is 5.75 Å². The Morgan fingerprint density at radius 3 is 2.43 bits per heavy atom. The largest absolute Gasteiger partial charge is 0.507 e. The van der Waals surface area contributed by atoms with Crippen LogP contribution in [0.5, 0.6) is 5.75 Å². The quantitative estimate of drug-likeness (QED) is 0.159. The van der Waals surface area contributed by atoms with Gasteiger partial charge in [-0.2, -0.15) is 0 Å². The van der Waals surface area contributed by atoms with E-state index >= 15 is 0 Å². The maximum Gasteiger partial charge on any atom is 0.234 e. The molecule has 3 aromatic carbocycles. The SMILES string of the molecule is CC1=C2[C@@H](CC/C(=C/c3ccc(O)c4ccccc34)c3ccccn3)OC[C@@H]2[C@@H]2C(=O)N(C3CCN(Cc4ccccc4)CC3)C(=O)[C@@H]2C1. The summed E-state index contributed by atoms with van der Waals surface area (Å²) >= 11 is 0. The molecule has 0 spiro atoms. The fraction of sp³-hybridized carbons (Fsp3) is 0.357. The minimum absolute atomic E-state index is 0.0176. The number of aromatic hydroxyl groups is 1. The number of rotatable bonds is 8. The molecule has 0 radical (unpaired) electrons. The molecule has 0 unspecified atom stereocenters. The summed E-state index contributed by atoms with van der Waals surface area (Å²) in [6.45, 7) is 5.29. The van der Waals surface area contributed by atoms with Crippen molar-refractivity contribution in [2.24, 2.45) is 17.8 Å². The molecule has 3 aliphatic heterocycles. The standard InChI is InChI=1S/C42H43N3O4/c1-27-23-34-40(42(48)45(41(34)47)31-18-21-44(22-19-31)25-28-9-3-2-4-10-28)35-26-49-38(39(27)35)17-15-30(36-13-7-8-20-43-36)24-29-14-16-37(46)33-12-6-5-11-32(29)33/h2-14,16,20,24,31,34-35,38,40,46H,15,17-19,21-23,25-26H2,1H3/b30-24-/t34-,35+,38-,40-/m1/s1. The molecule has 3 fully saturated rings. The maximum absolute atomic E-state index is 14.1. The Hall–Kier alpha value is -4.59. The molecule has 0 bridgehead atoms. The van der Waals surface area contributed by atoms with Gasteiger partial charge in [-0.05, 0) is 91.0 Å². The number of carbonyl (C=O) groups excluding carboxylic acids is 2. The first-order valence-electron chi connectivity index (χ1n) is 17.7. The van der Waals surface area contributed by atoms with Crippen LogP contribution in [0.3, 0.4) is 0 Å². The molecule has 250 valence electrons. The second-order valence-electron chi connectivity index (χ2n) is 14.2. The highest BCUT2D eigenvalue weighted by atomic mass is 16.5. The highest BCUT2D eigenvalue weighted by molar-refractivity contribution is 6.06. The number of phenols is 1. The molecule has 0 saturated carbocycles. The summed E-state index contributed by atoms with van der Waals surface area (Å²) in [6.07, 6.45) is 7.66. The molecule has 4 heterocycles. The van der Waals surface area contributed by atoms with E-state index in [1.165, 1.54) is 16.7 Å². The number of ether oxygens (including phenoxy) is 1. The number of phenolic OH excluding ortho intramolecular Hbond substituents is 1. The Morgan fingerprint density at radius 1 is 0.898 bits per heavy atom. The van der Waals surface area contributed by atoms with E-state index in [4.69, 9.17) is 9.72 Å². The lowest BCUT2D eigenvalue weighted by Crippen LogP contribution is -2.47. The summed E-state index contributed by atoms with van der Waals surface area (Å²) in [4.78, 5) is 36.8. The first kappa shape index (κ1) is 31.7. The monoisotopic (exact) mass is 653 g/mol. The predicted octanol–water partition coefficient (Wildman–Crippen LogP) is 7.26. The van der Waals surface area contributed by atoms with E-state index in [0.29, 0.717) is 13.0 Å². The molecule has 4 aromatic rings. The molecule has 49 heavy (non-hydrogen) atoms. The molecular weight excluding hydrogens is 610 g/mol. The number of likely N-dealkylation sites (tertiary alicyclic amines) is 2. The highest BCUT2D eigenvalue weighted by Crippen LogP contribution is 2.50. The average Bonchev–Trinajstić information content (AvgIpc) is 3.67. The van der Waals surface area contributed by atoms with Crippen LogP contribution in [0.25, 0.3) is 22.4 Å². The zero-order valence-electron chi connectivity index (χ0n) is 28.0. The van der Waals surface area contributed by atoms with Crippen molar-refractivity contribution in [3.8, 4) is 5.75 Å². The van der Waals surface area contributed by atoms with Crippen molar-refractivity contribution in [3.63, 3.8) is 0 Å². The molecular formula is C42H43N3O4. The summed E-state index contributed by atoms with van der Waals surface area (Å²) in [5.41, 5.74) is 6.76. The summed E-state index contributed by atoms with van der Waals surface area (Å²) in [6, 6.07) is 28.0. The number of fused-ring (bicyclic) bond motifs is 4. The fourth-order valence-electron chi connectivity index (χ4n) is 8.92. The Bertz CT molecular complexity index is 1930. The Morgan fingerprint density at radius 2 is 1.65 bits per heavy atom. The lowest BCUT2D eigenvalue weighted by molar-refractivity contribution is -0.144. The summed E-state index contributed by atoms with van der Waals surface area (Å²) in [5, 5.41) is 12.3. The van der Waals surface area contributed by atoms with Crippen molar-refractivity contribution in [2.45, 2.75) is 57.7 Å². The number of aromatic nitrogens is 1. The van der Waals surface area contributed by atoms with Crippen molar-refractivity contribution in [3.05, 3.63) is 119 Å². The molecule has 7 nitrogen and oxygen atoms in total. The molecule has 4 atom stereocenters. The lowest BCUT2D eigenvalue weighted by Gasteiger charge is -2.36. The van der Waals surface area contributed by atoms with Crippen LogP contribution in [0.1, 0.15) is 55.8 Å². The van der Waals surface area contributed by atoms with E-state index in [-0.39, 0.29) is 47.5 Å². The van der Waals surface area contributed by atoms with Crippen molar-refractivity contribution in [1.82, 2.24) is 14.8 Å². The number of carbonyl (C=O) groups is 2. The number of hydrogen-bond donors (Lipinski definition) is 1. The fourth-order valence-corrected chi connectivity index (χ4v) is 8.92. The third-order valence-electron chi connectivity index (χ3n) is 11.3. The first-order chi connectivity index (χ1) is 24.0. The normalized spacial score (nSPS) is 24.9. The molecule has 1 aliphatic carbocycles. The van der Waals surface area contributed by atoms with E-state index in [2.05, 4.69) is 42.2 Å². The number of pyridine rings is 1. The van der Waals surface area contributed by atoms with Gasteiger partial charge in [-0.25, -0.2) is 0 Å². The van der Waals surface area contributed by atoms with E-state index < -0.39 is 0 Å². The number of nitrogens with zero attached hydrogens (tertiary/aromatic N) is 3. The van der Waals surface area contributed by atoms with Crippen molar-refractivity contribution < 1.29 is 19.4 Å². The van der Waals surface area contributed by atoms with Crippen LogP contribution < -0.4 is 0 Å². The summed E-state index contributed by atoms with van der Waals surface area (Å²) < 4.78 is 6.51. The Balaban J connectivity index is 0.983. The van der Waals surface area contributed by atoms with Gasteiger partial charge in [0.15, 0.2) is 0 Å². The third kappa shape index (κ3) is 6.00. The van der Waals surface area contributed by atoms with E-state index in [1.807, 2.05) is 60.8 Å². The van der Waals surface area contributed by atoms with Crippen molar-refractivity contribution >= 4 is 34.2 Å². The minimum Gasteiger partial charge on any atom is -0.507 e. The van der Waals surface area contributed by atoms with Crippen LogP contribution in [0.2, 0.25) is 0 Å². The molecule has 2 amide bonds. The molecule has 1 N–H and O–H groups in total. The number of piperidine rings is 1. The van der Waals surface area contributed by atoms with Gasteiger partial charge in [-0.15, -0.1) is 0 Å². The smallest absolute Gasteiger partial charge is 0.234 e. The predicted molar refractivity (Wildman–Crippen MR) is 191 cm³/mol. The lowest BCUT2D eigenvalue weighted by atomic mass is 9.70. The molecule has 1 aromatic heterocycles. The zero-order chi connectivity index (χ0) is 33.5. The van der Waals surface area contributed by atoms with E-state index in [9.17, 15) is 14.7 Å². The van der Waals surface area contributed by atoms with Crippen molar-refractivity contribution in [1.29, 1.82) is 0 Å². The second-order valence-corrected chi connectivity index (χ2v) is 14.2. The van der Waals surface area contributed by atoms with Gasteiger partial charge in [-0.1, -0.05) is 72.3 Å². The minimum atomic E-state index is -0.326. The summed E-state index contributed by atoms with van der Waals surface area (Å²) in [5.74, 6) is -0.344. The van der Waals surface area contributed by atoms with E-state index in [0.717, 1.165) is 72.9 Å². The van der Waals surface area contributed by atoms with Crippen LogP contribution >= 0.6 is 0 Å². The van der Waals surface area contributed by atoms with Gasteiger partial charge in [-0.3, -0.25) is 24.4 Å². The highest BCUT2D eigenvalue weighted by Gasteiger charge is 2.57. The van der Waals surface area contributed by atoms with Crippen LogP contribution in [0.15, 0.2) is 102 Å². The number of amides is 2. The average molecular weight is 654 g/mol.